The smallest absolute Gasteiger partial charge is 0.280 e. The lowest BCUT2D eigenvalue weighted by Crippen LogP contribution is -2.43. The van der Waals surface area contributed by atoms with Gasteiger partial charge in [-0.05, 0) is 49.9 Å². The maximum absolute atomic E-state index is 12.8. The fourth-order valence-electron chi connectivity index (χ4n) is 3.50. The summed E-state index contributed by atoms with van der Waals surface area (Å²) in [6, 6.07) is 9.76. The number of non-ortho nitro benzene ring substituents is 2. The average Bonchev–Trinajstić information content (AvgIpc) is 2.73. The summed E-state index contributed by atoms with van der Waals surface area (Å²) in [5, 5.41) is 22.0. The molecule has 1 aliphatic rings. The number of benzene rings is 2. The lowest BCUT2D eigenvalue weighted by Gasteiger charge is -2.35. The van der Waals surface area contributed by atoms with Crippen molar-refractivity contribution in [3.8, 4) is 11.5 Å². The zero-order chi connectivity index (χ0) is 21.0. The maximum atomic E-state index is 12.8. The van der Waals surface area contributed by atoms with Crippen molar-refractivity contribution < 1.29 is 19.4 Å². The lowest BCUT2D eigenvalue weighted by atomic mass is 9.99. The Hall–Kier alpha value is -3.49. The first-order chi connectivity index (χ1) is 13.9. The number of hydrogen-bond donors (Lipinski definition) is 0. The minimum Gasteiger partial charge on any atom is -0.457 e. The van der Waals surface area contributed by atoms with Crippen molar-refractivity contribution in [2.75, 3.05) is 6.54 Å². The summed E-state index contributed by atoms with van der Waals surface area (Å²) in [6.45, 7) is 2.82. The van der Waals surface area contributed by atoms with Crippen LogP contribution in [0, 0.1) is 20.2 Å². The number of carbonyl (C=O) groups excluding carboxylic acids is 1. The minimum atomic E-state index is -0.718. The van der Waals surface area contributed by atoms with Crippen LogP contribution in [0.2, 0.25) is 0 Å². The van der Waals surface area contributed by atoms with Gasteiger partial charge in [0.15, 0.2) is 0 Å². The minimum absolute atomic E-state index is 0.0212. The Balaban J connectivity index is 1.78. The lowest BCUT2D eigenvalue weighted by molar-refractivity contribution is -0.394. The van der Waals surface area contributed by atoms with Crippen LogP contribution >= 0.6 is 0 Å². The molecule has 1 atom stereocenters. The molecule has 2 aromatic rings. The van der Waals surface area contributed by atoms with Crippen LogP contribution in [-0.2, 0) is 0 Å². The van der Waals surface area contributed by atoms with Gasteiger partial charge in [0.25, 0.3) is 17.3 Å². The molecule has 9 heteroatoms. The van der Waals surface area contributed by atoms with Crippen LogP contribution in [0.25, 0.3) is 0 Å². The molecule has 0 saturated carbocycles. The highest BCUT2D eigenvalue weighted by Gasteiger charge is 2.26. The first kappa shape index (κ1) is 20.2. The Morgan fingerprint density at radius 3 is 2.21 bits per heavy atom. The Morgan fingerprint density at radius 1 is 1.03 bits per heavy atom. The van der Waals surface area contributed by atoms with Crippen LogP contribution < -0.4 is 4.74 Å². The van der Waals surface area contributed by atoms with Gasteiger partial charge in [0.1, 0.15) is 11.5 Å². The van der Waals surface area contributed by atoms with Crippen molar-refractivity contribution in [3.05, 3.63) is 68.3 Å². The Kier molecular flexibility index (Phi) is 6.06. The topological polar surface area (TPSA) is 116 Å². The van der Waals surface area contributed by atoms with E-state index in [9.17, 15) is 25.0 Å². The van der Waals surface area contributed by atoms with Crippen LogP contribution in [0.15, 0.2) is 42.5 Å². The van der Waals surface area contributed by atoms with Crippen molar-refractivity contribution in [2.24, 2.45) is 0 Å². The molecule has 152 valence electrons. The third-order valence-corrected chi connectivity index (χ3v) is 4.99. The Labute approximate surface area is 167 Å². The van der Waals surface area contributed by atoms with E-state index >= 15 is 0 Å². The molecule has 0 spiro atoms. The first-order valence-electron chi connectivity index (χ1n) is 9.41. The summed E-state index contributed by atoms with van der Waals surface area (Å²) in [6.07, 6.45) is 4.05. The predicted octanol–water partition coefficient (Wildman–Crippen LogP) is 4.70. The van der Waals surface area contributed by atoms with E-state index in [4.69, 9.17) is 4.74 Å². The van der Waals surface area contributed by atoms with Crippen molar-refractivity contribution in [2.45, 2.75) is 38.6 Å². The molecule has 1 fully saturated rings. The van der Waals surface area contributed by atoms with E-state index in [1.165, 1.54) is 0 Å². The van der Waals surface area contributed by atoms with Gasteiger partial charge in [-0.1, -0.05) is 6.92 Å². The fraction of sp³-hybridized carbons (Fsp3) is 0.350. The summed E-state index contributed by atoms with van der Waals surface area (Å²) >= 11 is 0. The average molecular weight is 399 g/mol. The second-order valence-electron chi connectivity index (χ2n) is 6.88. The number of piperidine rings is 1. The van der Waals surface area contributed by atoms with Crippen LogP contribution in [0.4, 0.5) is 11.4 Å². The molecule has 0 unspecified atom stereocenters. The quantitative estimate of drug-likeness (QED) is 0.513. The van der Waals surface area contributed by atoms with E-state index in [0.717, 1.165) is 50.4 Å². The number of nitrogens with zero attached hydrogens (tertiary/aromatic N) is 3. The standard InChI is InChI=1S/C20H21N3O6/c1-2-15-5-3-4-10-21(15)20(24)14-6-8-18(9-7-14)29-19-12-16(22(25)26)11-17(13-19)23(27)28/h6-9,11-13,15H,2-5,10H2,1H3/t15-/m1/s1. The van der Waals surface area contributed by atoms with Crippen LogP contribution in [0.1, 0.15) is 43.0 Å². The first-order valence-corrected chi connectivity index (χ1v) is 9.41. The van der Waals surface area contributed by atoms with Gasteiger partial charge < -0.3 is 9.64 Å². The summed E-state index contributed by atoms with van der Waals surface area (Å²) < 4.78 is 5.55. The highest BCUT2D eigenvalue weighted by atomic mass is 16.6. The summed E-state index contributed by atoms with van der Waals surface area (Å²) in [4.78, 5) is 35.3. The number of nitro benzene ring substituents is 2. The number of carbonyl (C=O) groups is 1. The number of rotatable bonds is 6. The monoisotopic (exact) mass is 399 g/mol. The Bertz CT molecular complexity index is 896. The maximum Gasteiger partial charge on any atom is 0.280 e. The van der Waals surface area contributed by atoms with Gasteiger partial charge in [0.2, 0.25) is 0 Å². The molecule has 0 N–H and O–H groups in total. The Morgan fingerprint density at radius 2 is 1.66 bits per heavy atom. The summed E-state index contributed by atoms with van der Waals surface area (Å²) in [5.41, 5.74) is -0.337. The molecule has 1 heterocycles. The molecule has 0 aliphatic carbocycles. The SMILES string of the molecule is CC[C@@H]1CCCCN1C(=O)c1ccc(Oc2cc([N+](=O)[O-])cc([N+](=O)[O-])c2)cc1. The van der Waals surface area contributed by atoms with E-state index in [1.807, 2.05) is 4.90 Å². The summed E-state index contributed by atoms with van der Waals surface area (Å²) in [7, 11) is 0. The molecule has 3 rings (SSSR count). The summed E-state index contributed by atoms with van der Waals surface area (Å²) in [5.74, 6) is 0.267. The van der Waals surface area contributed by atoms with Gasteiger partial charge in [-0.25, -0.2) is 0 Å². The molecule has 2 aromatic carbocycles. The van der Waals surface area contributed by atoms with Crippen molar-refractivity contribution in [3.63, 3.8) is 0 Å². The zero-order valence-corrected chi connectivity index (χ0v) is 15.9. The van der Waals surface area contributed by atoms with Crippen LogP contribution in [0.3, 0.4) is 0 Å². The van der Waals surface area contributed by atoms with Crippen molar-refractivity contribution in [1.29, 1.82) is 0 Å². The van der Waals surface area contributed by atoms with Crippen molar-refractivity contribution >= 4 is 17.3 Å². The fourth-order valence-corrected chi connectivity index (χ4v) is 3.50. The van der Waals surface area contributed by atoms with Gasteiger partial charge in [-0.3, -0.25) is 25.0 Å². The van der Waals surface area contributed by atoms with E-state index in [-0.39, 0.29) is 17.7 Å². The third-order valence-electron chi connectivity index (χ3n) is 4.99. The number of amides is 1. The molecule has 1 amide bonds. The molecule has 0 bridgehead atoms. The van der Waals surface area contributed by atoms with Crippen LogP contribution in [0.5, 0.6) is 11.5 Å². The second kappa shape index (κ2) is 8.68. The van der Waals surface area contributed by atoms with E-state index in [2.05, 4.69) is 6.92 Å². The highest BCUT2D eigenvalue weighted by molar-refractivity contribution is 5.94. The molecule has 0 aromatic heterocycles. The van der Waals surface area contributed by atoms with Crippen LogP contribution in [-0.4, -0.2) is 33.2 Å². The molecule has 29 heavy (non-hydrogen) atoms. The van der Waals surface area contributed by atoms with Gasteiger partial charge in [0, 0.05) is 18.2 Å². The third kappa shape index (κ3) is 4.68. The van der Waals surface area contributed by atoms with Gasteiger partial charge >= 0.3 is 0 Å². The van der Waals surface area contributed by atoms with E-state index < -0.39 is 21.2 Å². The number of likely N-dealkylation sites (tertiary alicyclic amines) is 1. The van der Waals surface area contributed by atoms with Crippen molar-refractivity contribution in [1.82, 2.24) is 4.90 Å². The number of nitro groups is 2. The molecular formula is C20H21N3O6. The van der Waals surface area contributed by atoms with Gasteiger partial charge in [-0.15, -0.1) is 0 Å². The number of hydrogen-bond acceptors (Lipinski definition) is 6. The predicted molar refractivity (Wildman–Crippen MR) is 105 cm³/mol. The number of ether oxygens (including phenoxy) is 1. The molecule has 1 saturated heterocycles. The largest absolute Gasteiger partial charge is 0.457 e. The second-order valence-corrected chi connectivity index (χ2v) is 6.88. The molecule has 9 nitrogen and oxygen atoms in total. The van der Waals surface area contributed by atoms with E-state index in [1.54, 1.807) is 24.3 Å². The van der Waals surface area contributed by atoms with E-state index in [0.29, 0.717) is 11.3 Å². The molecule has 0 radical (unpaired) electrons. The van der Waals surface area contributed by atoms with Gasteiger partial charge in [-0.2, -0.15) is 0 Å². The molecule has 1 aliphatic heterocycles. The molecular weight excluding hydrogens is 378 g/mol. The highest BCUT2D eigenvalue weighted by Crippen LogP contribution is 2.31. The van der Waals surface area contributed by atoms with Gasteiger partial charge in [0.05, 0.1) is 28.0 Å². The normalized spacial score (nSPS) is 16.3. The zero-order valence-electron chi connectivity index (χ0n) is 15.9.